The highest BCUT2D eigenvalue weighted by atomic mass is 16.4. The highest BCUT2D eigenvalue weighted by molar-refractivity contribution is 5.87. The van der Waals surface area contributed by atoms with E-state index in [4.69, 9.17) is 8.83 Å². The molecule has 2 aromatic heterocycles. The average Bonchev–Trinajstić information content (AvgIpc) is 2.54. The second kappa shape index (κ2) is 4.95. The summed E-state index contributed by atoms with van der Waals surface area (Å²) >= 11 is 0. The zero-order chi connectivity index (χ0) is 16.0. The number of fused-ring (bicyclic) bond motifs is 2. The van der Waals surface area contributed by atoms with E-state index in [0.717, 1.165) is 21.9 Å². The normalized spacial score (nSPS) is 11.2. The average molecular weight is 304 g/mol. The maximum Gasteiger partial charge on any atom is 0.344 e. The van der Waals surface area contributed by atoms with Gasteiger partial charge in [-0.1, -0.05) is 24.3 Å². The van der Waals surface area contributed by atoms with E-state index < -0.39 is 5.63 Å². The Morgan fingerprint density at radius 3 is 2.52 bits per heavy atom. The number of rotatable bonds is 1. The molecule has 4 aromatic rings. The predicted octanol–water partition coefficient (Wildman–Crippen LogP) is 3.87. The first-order chi connectivity index (χ1) is 11.1. The fourth-order valence-electron chi connectivity index (χ4n) is 2.75. The molecule has 0 radical (unpaired) electrons. The van der Waals surface area contributed by atoms with Gasteiger partial charge in [-0.15, -0.1) is 0 Å². The number of hydrogen-bond donors (Lipinski definition) is 0. The second-order valence-electron chi connectivity index (χ2n) is 5.44. The fourth-order valence-corrected chi connectivity index (χ4v) is 2.75. The number of aryl methyl sites for hydroxylation is 1. The van der Waals surface area contributed by atoms with E-state index in [1.165, 1.54) is 6.07 Å². The molecule has 0 saturated heterocycles. The van der Waals surface area contributed by atoms with Crippen LogP contribution >= 0.6 is 0 Å². The van der Waals surface area contributed by atoms with Crippen LogP contribution in [0.2, 0.25) is 0 Å². The summed E-state index contributed by atoms with van der Waals surface area (Å²) in [5.41, 5.74) is 2.31. The summed E-state index contributed by atoms with van der Waals surface area (Å²) in [6.07, 6.45) is 0. The van der Waals surface area contributed by atoms with E-state index in [2.05, 4.69) is 0 Å². The predicted molar refractivity (Wildman–Crippen MR) is 88.7 cm³/mol. The minimum Gasteiger partial charge on any atom is -0.423 e. The maximum absolute atomic E-state index is 12.3. The highest BCUT2D eigenvalue weighted by Gasteiger charge is 2.10. The van der Waals surface area contributed by atoms with Gasteiger partial charge in [-0.25, -0.2) is 9.59 Å². The van der Waals surface area contributed by atoms with Crippen LogP contribution in [0.25, 0.3) is 33.1 Å². The molecule has 4 nitrogen and oxygen atoms in total. The Morgan fingerprint density at radius 2 is 1.65 bits per heavy atom. The second-order valence-corrected chi connectivity index (χ2v) is 5.44. The van der Waals surface area contributed by atoms with E-state index >= 15 is 0 Å². The van der Waals surface area contributed by atoms with Gasteiger partial charge in [0.15, 0.2) is 0 Å². The Hall–Kier alpha value is -3.14. The first-order valence-corrected chi connectivity index (χ1v) is 7.19. The smallest absolute Gasteiger partial charge is 0.344 e. The van der Waals surface area contributed by atoms with Gasteiger partial charge in [0.1, 0.15) is 11.2 Å². The van der Waals surface area contributed by atoms with Crippen molar-refractivity contribution in [3.05, 3.63) is 81.0 Å². The van der Waals surface area contributed by atoms with Crippen molar-refractivity contribution in [2.24, 2.45) is 0 Å². The summed E-state index contributed by atoms with van der Waals surface area (Å²) in [6, 6.07) is 15.9. The third-order valence-electron chi connectivity index (χ3n) is 3.90. The zero-order valence-corrected chi connectivity index (χ0v) is 12.3. The Labute approximate surface area is 130 Å². The van der Waals surface area contributed by atoms with Gasteiger partial charge in [-0.05, 0) is 42.3 Å². The molecule has 0 N–H and O–H groups in total. The molecule has 4 rings (SSSR count). The van der Waals surface area contributed by atoms with Gasteiger partial charge in [0.25, 0.3) is 0 Å². The molecule has 0 unspecified atom stereocenters. The zero-order valence-electron chi connectivity index (χ0n) is 12.3. The lowest BCUT2D eigenvalue weighted by atomic mass is 10.0. The van der Waals surface area contributed by atoms with Crippen molar-refractivity contribution in [3.8, 4) is 11.1 Å². The van der Waals surface area contributed by atoms with Gasteiger partial charge < -0.3 is 8.83 Å². The van der Waals surface area contributed by atoms with Crippen LogP contribution in [0, 0.1) is 6.92 Å². The van der Waals surface area contributed by atoms with E-state index in [-0.39, 0.29) is 5.63 Å². The molecule has 0 aliphatic rings. The van der Waals surface area contributed by atoms with Crippen molar-refractivity contribution in [2.45, 2.75) is 6.92 Å². The molecule has 0 saturated carbocycles. The molecule has 0 aliphatic carbocycles. The third kappa shape index (κ3) is 2.25. The van der Waals surface area contributed by atoms with E-state index in [1.54, 1.807) is 18.2 Å². The standard InChI is InChI=1S/C19H12O4/c1-11-8-18(20)22-17-7-6-12(9-14(11)17)15-10-13-4-2-3-5-16(13)23-19(15)21/h2-10H,1H3. The molecular weight excluding hydrogens is 292 g/mol. The summed E-state index contributed by atoms with van der Waals surface area (Å²) in [7, 11) is 0. The van der Waals surface area contributed by atoms with Crippen LogP contribution in [0.1, 0.15) is 5.56 Å². The van der Waals surface area contributed by atoms with Gasteiger partial charge in [0.05, 0.1) is 5.56 Å². The molecule has 0 bridgehead atoms. The molecule has 23 heavy (non-hydrogen) atoms. The van der Waals surface area contributed by atoms with Crippen LogP contribution in [0.3, 0.4) is 0 Å². The minimum atomic E-state index is -0.391. The van der Waals surface area contributed by atoms with Crippen LogP contribution in [0.4, 0.5) is 0 Å². The van der Waals surface area contributed by atoms with Gasteiger partial charge in [0, 0.05) is 16.8 Å². The van der Waals surface area contributed by atoms with E-state index in [0.29, 0.717) is 16.7 Å². The summed E-state index contributed by atoms with van der Waals surface area (Å²) in [5.74, 6) is 0. The lowest BCUT2D eigenvalue weighted by Gasteiger charge is -2.05. The highest BCUT2D eigenvalue weighted by Crippen LogP contribution is 2.25. The van der Waals surface area contributed by atoms with Gasteiger partial charge in [-0.3, -0.25) is 0 Å². The van der Waals surface area contributed by atoms with Crippen molar-refractivity contribution in [1.82, 2.24) is 0 Å². The fraction of sp³-hybridized carbons (Fsp3) is 0.0526. The summed E-state index contributed by atoms with van der Waals surface area (Å²) in [6.45, 7) is 1.84. The number of benzene rings is 2. The molecule has 0 fully saturated rings. The Balaban J connectivity index is 2.00. The largest absolute Gasteiger partial charge is 0.423 e. The molecule has 4 heteroatoms. The molecule has 0 atom stereocenters. The summed E-state index contributed by atoms with van der Waals surface area (Å²) in [4.78, 5) is 23.7. The Kier molecular flexibility index (Phi) is 2.91. The first-order valence-electron chi connectivity index (χ1n) is 7.19. The number of hydrogen-bond acceptors (Lipinski definition) is 4. The Bertz CT molecular complexity index is 1170. The molecule has 0 aliphatic heterocycles. The first kappa shape index (κ1) is 13.5. The van der Waals surface area contributed by atoms with Crippen molar-refractivity contribution >= 4 is 21.9 Å². The van der Waals surface area contributed by atoms with Gasteiger partial charge in [-0.2, -0.15) is 0 Å². The molecule has 112 valence electrons. The van der Waals surface area contributed by atoms with E-state index in [1.807, 2.05) is 37.3 Å². The van der Waals surface area contributed by atoms with Crippen molar-refractivity contribution < 1.29 is 8.83 Å². The number of para-hydroxylation sites is 1. The molecule has 0 amide bonds. The monoisotopic (exact) mass is 304 g/mol. The molecule has 0 spiro atoms. The van der Waals surface area contributed by atoms with Crippen molar-refractivity contribution in [3.63, 3.8) is 0 Å². The van der Waals surface area contributed by atoms with Crippen molar-refractivity contribution in [2.75, 3.05) is 0 Å². The SMILES string of the molecule is Cc1cc(=O)oc2ccc(-c3cc4ccccc4oc3=O)cc12. The third-order valence-corrected chi connectivity index (χ3v) is 3.90. The molecule has 2 heterocycles. The maximum atomic E-state index is 12.3. The topological polar surface area (TPSA) is 60.4 Å². The van der Waals surface area contributed by atoms with Crippen LogP contribution in [0.5, 0.6) is 0 Å². The summed E-state index contributed by atoms with van der Waals surface area (Å²) < 4.78 is 10.6. The van der Waals surface area contributed by atoms with Crippen LogP contribution < -0.4 is 11.3 Å². The summed E-state index contributed by atoms with van der Waals surface area (Å²) in [5, 5.41) is 1.66. The molecule has 2 aromatic carbocycles. The van der Waals surface area contributed by atoms with Gasteiger partial charge in [0.2, 0.25) is 0 Å². The van der Waals surface area contributed by atoms with Crippen LogP contribution in [-0.4, -0.2) is 0 Å². The lowest BCUT2D eigenvalue weighted by molar-refractivity contribution is 0.559. The van der Waals surface area contributed by atoms with Gasteiger partial charge >= 0.3 is 11.3 Å². The molecular formula is C19H12O4. The van der Waals surface area contributed by atoms with Crippen LogP contribution in [0.15, 0.2) is 73.0 Å². The Morgan fingerprint density at radius 1 is 0.826 bits per heavy atom. The minimum absolute atomic E-state index is 0.382. The quantitative estimate of drug-likeness (QED) is 0.501. The van der Waals surface area contributed by atoms with E-state index in [9.17, 15) is 9.59 Å². The van der Waals surface area contributed by atoms with Crippen molar-refractivity contribution in [1.29, 1.82) is 0 Å². The lowest BCUT2D eigenvalue weighted by Crippen LogP contribution is -2.03. The van der Waals surface area contributed by atoms with Crippen LogP contribution in [-0.2, 0) is 0 Å².